The molecular weight excluding hydrogens is 317 g/mol. The van der Waals surface area contributed by atoms with Crippen molar-refractivity contribution in [3.05, 3.63) is 38.7 Å². The molecule has 20 heavy (non-hydrogen) atoms. The van der Waals surface area contributed by atoms with E-state index in [1.165, 1.54) is 11.3 Å². The monoisotopic (exact) mass is 327 g/mol. The average molecular weight is 328 g/mol. The zero-order valence-electron chi connectivity index (χ0n) is 10.5. The molecule has 1 amide bonds. The number of hydrogen-bond acceptors (Lipinski definition) is 4. The minimum Gasteiger partial charge on any atom is -0.365 e. The number of anilines is 2. The zero-order valence-corrected chi connectivity index (χ0v) is 12.9. The van der Waals surface area contributed by atoms with Crippen molar-refractivity contribution in [3.8, 4) is 0 Å². The SMILES string of the molecule is CNc1nc2c(s1)[C@@H](c1c(Cl)cccc1Cl)CC(=O)N2. The Labute approximate surface area is 130 Å². The van der Waals surface area contributed by atoms with Gasteiger partial charge in [-0.1, -0.05) is 40.6 Å². The fourth-order valence-electron chi connectivity index (χ4n) is 2.30. The summed E-state index contributed by atoms with van der Waals surface area (Å²) >= 11 is 14.0. The highest BCUT2D eigenvalue weighted by molar-refractivity contribution is 7.16. The lowest BCUT2D eigenvalue weighted by Crippen LogP contribution is -2.23. The third-order valence-corrected chi connectivity index (χ3v) is 5.02. The van der Waals surface area contributed by atoms with Crippen molar-refractivity contribution in [2.24, 2.45) is 0 Å². The highest BCUT2D eigenvalue weighted by Crippen LogP contribution is 2.46. The van der Waals surface area contributed by atoms with Gasteiger partial charge in [0.2, 0.25) is 5.91 Å². The second-order valence-corrected chi connectivity index (χ2v) is 6.27. The molecule has 0 aliphatic carbocycles. The molecule has 3 rings (SSSR count). The van der Waals surface area contributed by atoms with Gasteiger partial charge in [-0.15, -0.1) is 0 Å². The third kappa shape index (κ3) is 2.26. The minimum atomic E-state index is -0.153. The summed E-state index contributed by atoms with van der Waals surface area (Å²) in [6.45, 7) is 0. The van der Waals surface area contributed by atoms with Gasteiger partial charge in [-0.25, -0.2) is 4.98 Å². The Morgan fingerprint density at radius 2 is 2.10 bits per heavy atom. The van der Waals surface area contributed by atoms with E-state index in [4.69, 9.17) is 23.2 Å². The van der Waals surface area contributed by atoms with E-state index in [9.17, 15) is 4.79 Å². The number of nitrogens with one attached hydrogen (secondary N) is 2. The molecule has 1 aliphatic rings. The van der Waals surface area contributed by atoms with Gasteiger partial charge in [0, 0.05) is 29.4 Å². The van der Waals surface area contributed by atoms with Gasteiger partial charge in [0.25, 0.3) is 0 Å². The molecule has 0 spiro atoms. The van der Waals surface area contributed by atoms with Gasteiger partial charge in [-0.05, 0) is 17.7 Å². The van der Waals surface area contributed by atoms with Gasteiger partial charge in [0.15, 0.2) is 5.13 Å². The number of thiazole rings is 1. The minimum absolute atomic E-state index is 0.0774. The Balaban J connectivity index is 2.15. The fraction of sp³-hybridized carbons (Fsp3) is 0.231. The number of hydrogen-bond donors (Lipinski definition) is 2. The van der Waals surface area contributed by atoms with E-state index in [-0.39, 0.29) is 11.8 Å². The predicted octanol–water partition coefficient (Wildman–Crippen LogP) is 3.97. The predicted molar refractivity (Wildman–Crippen MR) is 83.2 cm³/mol. The first-order valence-electron chi connectivity index (χ1n) is 6.02. The van der Waals surface area contributed by atoms with Crippen LogP contribution in [0.3, 0.4) is 0 Å². The summed E-state index contributed by atoms with van der Waals surface area (Å²) in [5, 5.41) is 7.68. The molecule has 1 aromatic carbocycles. The van der Waals surface area contributed by atoms with Crippen LogP contribution in [0.2, 0.25) is 10.0 Å². The van der Waals surface area contributed by atoms with E-state index >= 15 is 0 Å². The molecular formula is C13H11Cl2N3OS. The molecule has 2 aromatic rings. The van der Waals surface area contributed by atoms with Crippen LogP contribution in [0.4, 0.5) is 10.9 Å². The largest absolute Gasteiger partial charge is 0.365 e. The quantitative estimate of drug-likeness (QED) is 0.877. The normalized spacial score (nSPS) is 17.6. The standard InChI is InChI=1S/C13H11Cl2N3OS/c1-16-13-18-12-11(20-13)6(5-9(19)17-12)10-7(14)3-2-4-8(10)15/h2-4,6H,5H2,1H3,(H,16,18)(H,17,19)/t6-/m1/s1. The first-order chi connectivity index (χ1) is 9.60. The maximum absolute atomic E-state index is 11.9. The molecule has 1 aromatic heterocycles. The van der Waals surface area contributed by atoms with Crippen LogP contribution in [0.5, 0.6) is 0 Å². The summed E-state index contributed by atoms with van der Waals surface area (Å²) in [7, 11) is 1.80. The summed E-state index contributed by atoms with van der Waals surface area (Å²) in [6, 6.07) is 5.37. The number of amides is 1. The van der Waals surface area contributed by atoms with Crippen LogP contribution >= 0.6 is 34.5 Å². The Kier molecular flexibility index (Phi) is 3.58. The molecule has 0 saturated carbocycles. The van der Waals surface area contributed by atoms with E-state index in [0.29, 0.717) is 22.3 Å². The van der Waals surface area contributed by atoms with Crippen molar-refractivity contribution in [2.75, 3.05) is 17.7 Å². The molecule has 0 radical (unpaired) electrons. The van der Waals surface area contributed by atoms with Crippen LogP contribution in [-0.2, 0) is 4.79 Å². The second kappa shape index (κ2) is 5.24. The smallest absolute Gasteiger partial charge is 0.226 e. The van der Waals surface area contributed by atoms with Crippen molar-refractivity contribution in [1.82, 2.24) is 4.98 Å². The maximum atomic E-state index is 11.9. The summed E-state index contributed by atoms with van der Waals surface area (Å²) < 4.78 is 0. The van der Waals surface area contributed by atoms with Gasteiger partial charge in [-0.3, -0.25) is 4.79 Å². The lowest BCUT2D eigenvalue weighted by Gasteiger charge is -2.23. The second-order valence-electron chi connectivity index (χ2n) is 4.42. The number of rotatable bonds is 2. The van der Waals surface area contributed by atoms with Crippen LogP contribution in [0.25, 0.3) is 0 Å². The maximum Gasteiger partial charge on any atom is 0.226 e. The number of halogens is 2. The number of carbonyl (C=O) groups excluding carboxylic acids is 1. The van der Waals surface area contributed by atoms with Crippen LogP contribution in [0.1, 0.15) is 22.8 Å². The Morgan fingerprint density at radius 3 is 2.75 bits per heavy atom. The Hall–Kier alpha value is -1.30. The fourth-order valence-corrected chi connectivity index (χ4v) is 3.95. The molecule has 104 valence electrons. The number of fused-ring (bicyclic) bond motifs is 1. The topological polar surface area (TPSA) is 54.0 Å². The van der Waals surface area contributed by atoms with Crippen molar-refractivity contribution < 1.29 is 4.79 Å². The van der Waals surface area contributed by atoms with Gasteiger partial charge in [-0.2, -0.15) is 0 Å². The van der Waals surface area contributed by atoms with E-state index < -0.39 is 0 Å². The van der Waals surface area contributed by atoms with Crippen molar-refractivity contribution in [3.63, 3.8) is 0 Å². The third-order valence-electron chi connectivity index (χ3n) is 3.18. The van der Waals surface area contributed by atoms with Crippen LogP contribution in [-0.4, -0.2) is 17.9 Å². The molecule has 4 nitrogen and oxygen atoms in total. The van der Waals surface area contributed by atoms with E-state index in [2.05, 4.69) is 15.6 Å². The lowest BCUT2D eigenvalue weighted by molar-refractivity contribution is -0.116. The van der Waals surface area contributed by atoms with Gasteiger partial charge >= 0.3 is 0 Å². The van der Waals surface area contributed by atoms with Crippen LogP contribution in [0, 0.1) is 0 Å². The molecule has 0 saturated heterocycles. The Morgan fingerprint density at radius 1 is 1.40 bits per heavy atom. The number of nitrogens with zero attached hydrogens (tertiary/aromatic N) is 1. The van der Waals surface area contributed by atoms with E-state index in [1.54, 1.807) is 25.2 Å². The van der Waals surface area contributed by atoms with Crippen LogP contribution in [0.15, 0.2) is 18.2 Å². The first kappa shape index (κ1) is 13.7. The summed E-state index contributed by atoms with van der Waals surface area (Å²) in [4.78, 5) is 17.2. The summed E-state index contributed by atoms with van der Waals surface area (Å²) in [5.74, 6) is 0.363. The van der Waals surface area contributed by atoms with Gasteiger partial charge < -0.3 is 10.6 Å². The van der Waals surface area contributed by atoms with E-state index in [0.717, 1.165) is 15.6 Å². The molecule has 1 atom stereocenters. The van der Waals surface area contributed by atoms with Gasteiger partial charge in [0.1, 0.15) is 5.82 Å². The first-order valence-corrected chi connectivity index (χ1v) is 7.59. The van der Waals surface area contributed by atoms with Crippen molar-refractivity contribution in [1.29, 1.82) is 0 Å². The molecule has 2 N–H and O–H groups in total. The molecule has 7 heteroatoms. The Bertz CT molecular complexity index is 666. The average Bonchev–Trinajstić information content (AvgIpc) is 2.81. The van der Waals surface area contributed by atoms with Crippen molar-refractivity contribution in [2.45, 2.75) is 12.3 Å². The molecule has 0 bridgehead atoms. The number of carbonyl (C=O) groups is 1. The molecule has 1 aliphatic heterocycles. The molecule has 0 fully saturated rings. The van der Waals surface area contributed by atoms with Crippen molar-refractivity contribution >= 4 is 51.4 Å². The lowest BCUT2D eigenvalue weighted by atomic mass is 9.91. The van der Waals surface area contributed by atoms with E-state index in [1.807, 2.05) is 0 Å². The molecule has 0 unspecified atom stereocenters. The number of aromatic nitrogens is 1. The van der Waals surface area contributed by atoms with Crippen LogP contribution < -0.4 is 10.6 Å². The number of benzene rings is 1. The highest BCUT2D eigenvalue weighted by atomic mass is 35.5. The zero-order chi connectivity index (χ0) is 14.3. The molecule has 2 heterocycles. The highest BCUT2D eigenvalue weighted by Gasteiger charge is 2.32. The van der Waals surface area contributed by atoms with Gasteiger partial charge in [0.05, 0.1) is 4.88 Å². The summed E-state index contributed by atoms with van der Waals surface area (Å²) in [5.41, 5.74) is 0.790. The summed E-state index contributed by atoms with van der Waals surface area (Å²) in [6.07, 6.45) is 0.321.